The van der Waals surface area contributed by atoms with Gasteiger partial charge in [0.1, 0.15) is 48.6 Å². The largest absolute Gasteiger partial charge is 0.544 e. The molecule has 2 heterocycles. The predicted molar refractivity (Wildman–Crippen MR) is 104 cm³/mol. The van der Waals surface area contributed by atoms with E-state index in [2.05, 4.69) is 4.74 Å². The molecule has 0 aliphatic carbocycles. The highest BCUT2D eigenvalue weighted by atomic mass is 16.7. The van der Waals surface area contributed by atoms with Gasteiger partial charge in [-0.2, -0.15) is 0 Å². The third-order valence-corrected chi connectivity index (χ3v) is 5.96. The molecule has 0 spiro atoms. The van der Waals surface area contributed by atoms with Crippen molar-refractivity contribution in [3.63, 3.8) is 0 Å². The molecule has 0 aromatic carbocycles. The van der Waals surface area contributed by atoms with Gasteiger partial charge in [0.05, 0.1) is 31.5 Å². The van der Waals surface area contributed by atoms with E-state index in [4.69, 9.17) is 14.9 Å². The van der Waals surface area contributed by atoms with E-state index in [1.54, 1.807) is 0 Å². The van der Waals surface area contributed by atoms with E-state index in [0.717, 1.165) is 0 Å². The molecule has 12 atom stereocenters. The number of ether oxygens (including phenoxy) is 2. The van der Waals surface area contributed by atoms with E-state index in [-0.39, 0.29) is 0 Å². The van der Waals surface area contributed by atoms with Crippen molar-refractivity contribution in [1.82, 2.24) is 0 Å². The zero-order valence-corrected chi connectivity index (χ0v) is 19.0. The molecule has 2 fully saturated rings. The van der Waals surface area contributed by atoms with Crippen LogP contribution in [0.2, 0.25) is 0 Å². The first-order valence-electron chi connectivity index (χ1n) is 10.7. The van der Waals surface area contributed by atoms with Crippen LogP contribution in [0.25, 0.3) is 0 Å². The number of carboxylic acids is 2. The molecule has 0 amide bonds. The maximum atomic E-state index is 10.7. The van der Waals surface area contributed by atoms with E-state index < -0.39 is 110 Å². The molecular weight excluding hydrogens is 500 g/mol. The van der Waals surface area contributed by atoms with Gasteiger partial charge in [-0.3, -0.25) is 0 Å². The minimum Gasteiger partial charge on any atom is -0.544 e. The fraction of sp³-hybridized carbons (Fsp3) is 0.895. The molecule has 2 rings (SSSR count). The Morgan fingerprint density at radius 2 is 1.17 bits per heavy atom. The first-order valence-corrected chi connectivity index (χ1v) is 10.7. The number of hydrogen-bond acceptors (Lipinski definition) is 17. The lowest BCUT2D eigenvalue weighted by Crippen LogP contribution is -2.65. The topological polar surface area (TPSA) is 321 Å². The SMILES string of the molecule is C[C@H]1C([C@H](O)[C@H](O)CO)O[C@@](O)(C(=O)[O-])C[C@H]1O.O=C([O-])[C@@]1(O)C[C@@H](O)[C@@H](O)C([C@H](O)[C@H](O)CO)O1. The fourth-order valence-corrected chi connectivity index (χ4v) is 3.60. The summed E-state index contributed by atoms with van der Waals surface area (Å²) in [7, 11) is 0. The molecule has 17 heteroatoms. The summed E-state index contributed by atoms with van der Waals surface area (Å²) in [6, 6.07) is 0. The fourth-order valence-electron chi connectivity index (χ4n) is 3.60. The molecule has 0 aromatic rings. The van der Waals surface area contributed by atoms with Crippen LogP contribution in [-0.2, 0) is 19.1 Å². The summed E-state index contributed by atoms with van der Waals surface area (Å²) >= 11 is 0. The number of aliphatic hydroxyl groups excluding tert-OH is 9. The Hall–Kier alpha value is -1.58. The maximum absolute atomic E-state index is 10.7. The number of aliphatic carboxylic acids is 2. The molecule has 2 unspecified atom stereocenters. The predicted octanol–water partition coefficient (Wildman–Crippen LogP) is -9.43. The lowest BCUT2D eigenvalue weighted by atomic mass is 9.85. The average Bonchev–Trinajstić information content (AvgIpc) is 2.81. The minimum absolute atomic E-state index is 0.602. The van der Waals surface area contributed by atoms with Gasteiger partial charge in [-0.15, -0.1) is 0 Å². The van der Waals surface area contributed by atoms with Crippen LogP contribution < -0.4 is 10.2 Å². The normalized spacial score (nSPS) is 40.2. The monoisotopic (exact) mass is 532 g/mol. The van der Waals surface area contributed by atoms with Gasteiger partial charge in [-0.05, 0) is 0 Å². The standard InChI is InChI=1S/C10H18O8.C9H16O9/c1-4-5(12)2-10(17,9(15)16)18-8(4)7(14)6(13)3-11;10-2-4(12)6(14)7-5(13)3(11)1-9(17,18-7)8(15)16/h4-8,11-14,17H,2-3H2,1H3,(H,15,16);3-7,10-14,17H,1-2H2,(H,15,16)/p-2/t4-,5-,6-,7-,8?,10-;3-,4-,5-,6-,7?,9-/m11/s1. The Morgan fingerprint density at radius 3 is 1.56 bits per heavy atom. The third-order valence-electron chi connectivity index (χ3n) is 5.96. The average molecular weight is 532 g/mol. The third kappa shape index (κ3) is 7.25. The molecule has 0 aromatic heterocycles. The van der Waals surface area contributed by atoms with Crippen LogP contribution in [0.1, 0.15) is 19.8 Å². The first kappa shape index (κ1) is 32.4. The molecule has 0 radical (unpaired) electrons. The highest BCUT2D eigenvalue weighted by molar-refractivity contribution is 5.73. The minimum atomic E-state index is -2.89. The molecule has 0 saturated carbocycles. The van der Waals surface area contributed by atoms with Crippen molar-refractivity contribution >= 4 is 11.9 Å². The van der Waals surface area contributed by atoms with Gasteiger partial charge in [0.25, 0.3) is 0 Å². The van der Waals surface area contributed by atoms with Gasteiger partial charge in [0.15, 0.2) is 0 Å². The van der Waals surface area contributed by atoms with Crippen LogP contribution >= 0.6 is 0 Å². The van der Waals surface area contributed by atoms with Crippen LogP contribution in [0.4, 0.5) is 0 Å². The van der Waals surface area contributed by atoms with Crippen LogP contribution in [0, 0.1) is 5.92 Å². The molecule has 2 saturated heterocycles. The van der Waals surface area contributed by atoms with E-state index in [1.807, 2.05) is 0 Å². The maximum Gasteiger partial charge on any atom is 0.210 e. The second kappa shape index (κ2) is 12.8. The van der Waals surface area contributed by atoms with E-state index in [1.165, 1.54) is 6.92 Å². The van der Waals surface area contributed by atoms with Crippen LogP contribution in [0.5, 0.6) is 0 Å². The van der Waals surface area contributed by atoms with Crippen LogP contribution in [-0.4, -0.2) is 148 Å². The molecule has 2 aliphatic heterocycles. The smallest absolute Gasteiger partial charge is 0.210 e. The van der Waals surface area contributed by atoms with Crippen LogP contribution in [0.15, 0.2) is 0 Å². The Kier molecular flexibility index (Phi) is 11.5. The van der Waals surface area contributed by atoms with Gasteiger partial charge < -0.3 is 85.4 Å². The summed E-state index contributed by atoms with van der Waals surface area (Å²) in [6.45, 7) is -0.196. The van der Waals surface area contributed by atoms with Crippen molar-refractivity contribution in [2.75, 3.05) is 13.2 Å². The summed E-state index contributed by atoms with van der Waals surface area (Å²) in [4.78, 5) is 21.4. The zero-order valence-electron chi connectivity index (χ0n) is 19.0. The van der Waals surface area contributed by atoms with Crippen molar-refractivity contribution in [2.24, 2.45) is 5.92 Å². The van der Waals surface area contributed by atoms with Crippen molar-refractivity contribution in [2.45, 2.75) is 86.3 Å². The lowest BCUT2D eigenvalue weighted by molar-refractivity contribution is -0.380. The zero-order chi connectivity index (χ0) is 28.2. The summed E-state index contributed by atoms with van der Waals surface area (Å²) < 4.78 is 9.38. The summed E-state index contributed by atoms with van der Waals surface area (Å²) in [6.07, 6.45) is -16.1. The van der Waals surface area contributed by atoms with Crippen molar-refractivity contribution in [3.8, 4) is 0 Å². The number of carbonyl (C=O) groups is 2. The highest BCUT2D eigenvalue weighted by Gasteiger charge is 2.50. The Balaban J connectivity index is 0.000000360. The van der Waals surface area contributed by atoms with Gasteiger partial charge in [0.2, 0.25) is 11.6 Å². The van der Waals surface area contributed by atoms with Gasteiger partial charge in [0, 0.05) is 18.8 Å². The number of carboxylic acid groups (broad SMARTS) is 2. The van der Waals surface area contributed by atoms with Crippen molar-refractivity contribution in [1.29, 1.82) is 0 Å². The van der Waals surface area contributed by atoms with Crippen molar-refractivity contribution in [3.05, 3.63) is 0 Å². The van der Waals surface area contributed by atoms with E-state index in [9.17, 15) is 65.8 Å². The van der Waals surface area contributed by atoms with Crippen molar-refractivity contribution < 1.29 is 85.4 Å². The van der Waals surface area contributed by atoms with Crippen LogP contribution in [0.3, 0.4) is 0 Å². The molecule has 0 bridgehead atoms. The number of carbonyl (C=O) groups excluding carboxylic acids is 2. The molecule has 17 nitrogen and oxygen atoms in total. The number of aliphatic hydroxyl groups is 11. The second-order valence-electron chi connectivity index (χ2n) is 8.68. The summed E-state index contributed by atoms with van der Waals surface area (Å²) in [5.74, 6) is -10.3. The Bertz CT molecular complexity index is 677. The molecule has 36 heavy (non-hydrogen) atoms. The van der Waals surface area contributed by atoms with Gasteiger partial charge in [-0.1, -0.05) is 6.92 Å². The number of hydrogen-bond donors (Lipinski definition) is 11. The molecule has 212 valence electrons. The van der Waals surface area contributed by atoms with Gasteiger partial charge >= 0.3 is 0 Å². The summed E-state index contributed by atoms with van der Waals surface area (Å²) in [5, 5.41) is 124. The van der Waals surface area contributed by atoms with E-state index >= 15 is 0 Å². The Labute approximate surface area is 203 Å². The summed E-state index contributed by atoms with van der Waals surface area (Å²) in [5.41, 5.74) is 0. The second-order valence-corrected chi connectivity index (χ2v) is 8.68. The highest BCUT2D eigenvalue weighted by Crippen LogP contribution is 2.33. The Morgan fingerprint density at radius 1 is 0.806 bits per heavy atom. The first-order chi connectivity index (χ1) is 16.5. The molecular formula is C19H32O17-2. The molecule has 2 aliphatic rings. The van der Waals surface area contributed by atoms with E-state index in [0.29, 0.717) is 0 Å². The lowest BCUT2D eigenvalue weighted by Gasteiger charge is -2.45. The quantitative estimate of drug-likeness (QED) is 0.138. The van der Waals surface area contributed by atoms with Gasteiger partial charge in [-0.25, -0.2) is 0 Å². The number of rotatable bonds is 8. The molecule has 11 N–H and O–H groups in total.